The molecular weight excluding hydrogens is 224 g/mol. The lowest BCUT2D eigenvalue weighted by Gasteiger charge is -2.04. The third kappa shape index (κ3) is 4.04. The van der Waals surface area contributed by atoms with Crippen molar-refractivity contribution in [1.29, 1.82) is 0 Å². The van der Waals surface area contributed by atoms with Crippen molar-refractivity contribution in [2.45, 2.75) is 4.90 Å². The molecular formula is C11H16N2O2S. The largest absolute Gasteiger partial charge is 0.382 e. The Morgan fingerprint density at radius 3 is 2.38 bits per heavy atom. The average Bonchev–Trinajstić information content (AvgIpc) is 2.24. The van der Waals surface area contributed by atoms with E-state index in [9.17, 15) is 8.42 Å². The van der Waals surface area contributed by atoms with E-state index in [4.69, 9.17) is 5.73 Å². The summed E-state index contributed by atoms with van der Waals surface area (Å²) in [5.74, 6) is 0. The molecule has 5 heteroatoms. The van der Waals surface area contributed by atoms with E-state index in [1.165, 1.54) is 6.26 Å². The zero-order valence-electron chi connectivity index (χ0n) is 9.18. The number of sulfone groups is 1. The first-order chi connectivity index (χ1) is 7.54. The van der Waals surface area contributed by atoms with Gasteiger partial charge in [-0.1, -0.05) is 12.2 Å². The van der Waals surface area contributed by atoms with Crippen LogP contribution < -0.4 is 11.1 Å². The third-order valence-electron chi connectivity index (χ3n) is 2.01. The van der Waals surface area contributed by atoms with Crippen molar-refractivity contribution < 1.29 is 8.42 Å². The molecule has 0 saturated carbocycles. The normalized spacial score (nSPS) is 11.9. The summed E-state index contributed by atoms with van der Waals surface area (Å²) in [6.45, 7) is 1.20. The Bertz CT molecular complexity index is 449. The van der Waals surface area contributed by atoms with Crippen molar-refractivity contribution in [3.8, 4) is 0 Å². The average molecular weight is 240 g/mol. The van der Waals surface area contributed by atoms with Crippen molar-refractivity contribution in [2.75, 3.05) is 24.7 Å². The monoisotopic (exact) mass is 240 g/mol. The smallest absolute Gasteiger partial charge is 0.175 e. The first-order valence-electron chi connectivity index (χ1n) is 4.93. The second-order valence-corrected chi connectivity index (χ2v) is 5.40. The molecule has 0 bridgehead atoms. The summed E-state index contributed by atoms with van der Waals surface area (Å²) in [6, 6.07) is 6.66. The minimum absolute atomic E-state index is 0.329. The molecule has 4 nitrogen and oxygen atoms in total. The van der Waals surface area contributed by atoms with Gasteiger partial charge in [0.15, 0.2) is 9.84 Å². The van der Waals surface area contributed by atoms with Gasteiger partial charge in [0.05, 0.1) is 4.90 Å². The Morgan fingerprint density at radius 2 is 1.88 bits per heavy atom. The quantitative estimate of drug-likeness (QED) is 0.754. The second-order valence-electron chi connectivity index (χ2n) is 3.38. The SMILES string of the molecule is CS(=O)(=O)c1ccc(NC/C=C/CN)cc1. The van der Waals surface area contributed by atoms with Gasteiger partial charge in [-0.05, 0) is 24.3 Å². The Labute approximate surface area is 96.1 Å². The maximum atomic E-state index is 11.2. The van der Waals surface area contributed by atoms with Crippen LogP contribution >= 0.6 is 0 Å². The van der Waals surface area contributed by atoms with E-state index in [0.717, 1.165) is 5.69 Å². The standard InChI is InChI=1S/C11H16N2O2S/c1-16(14,15)11-6-4-10(5-7-11)13-9-3-2-8-12/h2-7,13H,8-9,12H2,1H3/b3-2+. The molecule has 0 heterocycles. The van der Waals surface area contributed by atoms with Crippen molar-refractivity contribution >= 4 is 15.5 Å². The van der Waals surface area contributed by atoms with Gasteiger partial charge in [0.2, 0.25) is 0 Å². The van der Waals surface area contributed by atoms with E-state index in [1.54, 1.807) is 24.3 Å². The van der Waals surface area contributed by atoms with Crippen molar-refractivity contribution in [3.05, 3.63) is 36.4 Å². The van der Waals surface area contributed by atoms with Crippen LogP contribution in [0.15, 0.2) is 41.3 Å². The number of hydrogen-bond acceptors (Lipinski definition) is 4. The van der Waals surface area contributed by atoms with E-state index in [0.29, 0.717) is 18.0 Å². The summed E-state index contributed by atoms with van der Waals surface area (Å²) in [6.07, 6.45) is 4.97. The zero-order valence-corrected chi connectivity index (χ0v) is 10.00. The molecule has 16 heavy (non-hydrogen) atoms. The van der Waals surface area contributed by atoms with Crippen LogP contribution in [0.1, 0.15) is 0 Å². The Morgan fingerprint density at radius 1 is 1.25 bits per heavy atom. The van der Waals surface area contributed by atoms with E-state index >= 15 is 0 Å². The molecule has 0 aliphatic carbocycles. The molecule has 0 unspecified atom stereocenters. The number of nitrogens with two attached hydrogens (primary N) is 1. The molecule has 0 aromatic heterocycles. The van der Waals surface area contributed by atoms with Gasteiger partial charge in [-0.15, -0.1) is 0 Å². The van der Waals surface area contributed by atoms with Gasteiger partial charge < -0.3 is 11.1 Å². The fourth-order valence-electron chi connectivity index (χ4n) is 1.18. The maximum Gasteiger partial charge on any atom is 0.175 e. The van der Waals surface area contributed by atoms with Crippen LogP contribution in [-0.4, -0.2) is 27.8 Å². The summed E-state index contributed by atoms with van der Waals surface area (Å²) >= 11 is 0. The number of anilines is 1. The molecule has 0 radical (unpaired) electrons. The van der Waals surface area contributed by atoms with Gasteiger partial charge >= 0.3 is 0 Å². The molecule has 0 atom stereocenters. The molecule has 1 rings (SSSR count). The molecule has 0 saturated heterocycles. The highest BCUT2D eigenvalue weighted by Gasteiger charge is 2.05. The van der Waals surface area contributed by atoms with Crippen molar-refractivity contribution in [1.82, 2.24) is 0 Å². The van der Waals surface area contributed by atoms with Gasteiger partial charge in [0, 0.05) is 25.0 Å². The predicted octanol–water partition coefficient (Wildman–Crippen LogP) is 1.02. The molecule has 1 aromatic rings. The van der Waals surface area contributed by atoms with Gasteiger partial charge in [-0.3, -0.25) is 0 Å². The fourth-order valence-corrected chi connectivity index (χ4v) is 1.81. The molecule has 3 N–H and O–H groups in total. The Kier molecular flexibility index (Phi) is 4.52. The van der Waals surface area contributed by atoms with Crippen LogP contribution in [0.25, 0.3) is 0 Å². The third-order valence-corrected chi connectivity index (χ3v) is 3.14. The minimum atomic E-state index is -3.11. The summed E-state index contributed by atoms with van der Waals surface area (Å²) in [5, 5.41) is 3.12. The first kappa shape index (κ1) is 12.7. The van der Waals surface area contributed by atoms with Gasteiger partial charge in [-0.25, -0.2) is 8.42 Å². The van der Waals surface area contributed by atoms with Crippen LogP contribution in [0.5, 0.6) is 0 Å². The summed E-state index contributed by atoms with van der Waals surface area (Å²) in [7, 11) is -3.11. The maximum absolute atomic E-state index is 11.2. The van der Waals surface area contributed by atoms with Gasteiger partial charge in [-0.2, -0.15) is 0 Å². The lowest BCUT2D eigenvalue weighted by atomic mass is 10.3. The number of benzene rings is 1. The van der Waals surface area contributed by atoms with E-state index < -0.39 is 9.84 Å². The molecule has 0 amide bonds. The lowest BCUT2D eigenvalue weighted by molar-refractivity contribution is 0.602. The lowest BCUT2D eigenvalue weighted by Crippen LogP contribution is -2.01. The second kappa shape index (κ2) is 5.67. The first-order valence-corrected chi connectivity index (χ1v) is 6.82. The zero-order chi connectivity index (χ0) is 12.0. The summed E-state index contributed by atoms with van der Waals surface area (Å²) in [4.78, 5) is 0.329. The van der Waals surface area contributed by atoms with Crippen LogP contribution in [0.4, 0.5) is 5.69 Å². The van der Waals surface area contributed by atoms with Gasteiger partial charge in [0.25, 0.3) is 0 Å². The highest BCUT2D eigenvalue weighted by atomic mass is 32.2. The van der Waals surface area contributed by atoms with E-state index in [1.807, 2.05) is 12.2 Å². The number of hydrogen-bond donors (Lipinski definition) is 2. The number of nitrogens with one attached hydrogen (secondary N) is 1. The van der Waals surface area contributed by atoms with E-state index in [-0.39, 0.29) is 0 Å². The minimum Gasteiger partial charge on any atom is -0.382 e. The van der Waals surface area contributed by atoms with Crippen molar-refractivity contribution in [3.63, 3.8) is 0 Å². The molecule has 1 aromatic carbocycles. The number of rotatable bonds is 5. The topological polar surface area (TPSA) is 72.2 Å². The van der Waals surface area contributed by atoms with Crippen LogP contribution in [0, 0.1) is 0 Å². The van der Waals surface area contributed by atoms with Crippen LogP contribution in [0.3, 0.4) is 0 Å². The van der Waals surface area contributed by atoms with Crippen LogP contribution in [-0.2, 0) is 9.84 Å². The van der Waals surface area contributed by atoms with Crippen molar-refractivity contribution in [2.24, 2.45) is 5.73 Å². The Hall–Kier alpha value is -1.33. The van der Waals surface area contributed by atoms with Gasteiger partial charge in [0.1, 0.15) is 0 Å². The molecule has 0 aliphatic rings. The highest BCUT2D eigenvalue weighted by Crippen LogP contribution is 2.13. The Balaban J connectivity index is 2.62. The molecule has 0 fully saturated rings. The van der Waals surface area contributed by atoms with E-state index in [2.05, 4.69) is 5.32 Å². The summed E-state index contributed by atoms with van der Waals surface area (Å²) in [5.41, 5.74) is 6.18. The molecule has 88 valence electrons. The fraction of sp³-hybridized carbons (Fsp3) is 0.273. The molecule has 0 aliphatic heterocycles. The highest BCUT2D eigenvalue weighted by molar-refractivity contribution is 7.90. The molecule has 0 spiro atoms. The summed E-state index contributed by atoms with van der Waals surface area (Å²) < 4.78 is 22.4. The predicted molar refractivity (Wildman–Crippen MR) is 66.2 cm³/mol. The van der Waals surface area contributed by atoms with Crippen LogP contribution in [0.2, 0.25) is 0 Å².